The Balaban J connectivity index is 2.06. The van der Waals surface area contributed by atoms with Crippen LogP contribution in [0.5, 0.6) is 0 Å². The van der Waals surface area contributed by atoms with Crippen LogP contribution in [0.15, 0.2) is 65.5 Å². The van der Waals surface area contributed by atoms with E-state index < -0.39 is 0 Å². The molecule has 4 rings (SSSR count). The Morgan fingerprint density at radius 3 is 2.48 bits per heavy atom. The van der Waals surface area contributed by atoms with Crippen LogP contribution in [0.25, 0.3) is 28.0 Å². The van der Waals surface area contributed by atoms with E-state index in [0.29, 0.717) is 11.3 Å². The van der Waals surface area contributed by atoms with Crippen molar-refractivity contribution in [2.75, 3.05) is 0 Å². The molecule has 0 fully saturated rings. The molecule has 0 radical (unpaired) electrons. The van der Waals surface area contributed by atoms with Gasteiger partial charge in [0.05, 0.1) is 5.69 Å². The predicted molar refractivity (Wildman–Crippen MR) is 101 cm³/mol. The third kappa shape index (κ3) is 2.56. The Labute approximate surface area is 145 Å². The van der Waals surface area contributed by atoms with Crippen LogP contribution in [0, 0.1) is 6.92 Å². The Morgan fingerprint density at radius 2 is 1.76 bits per heavy atom. The van der Waals surface area contributed by atoms with E-state index in [-0.39, 0.29) is 5.56 Å². The van der Waals surface area contributed by atoms with E-state index in [2.05, 4.69) is 24.2 Å². The minimum Gasteiger partial charge on any atom is -0.293 e. The number of benzene rings is 2. The van der Waals surface area contributed by atoms with E-state index in [9.17, 15) is 4.79 Å². The molecule has 0 amide bonds. The number of nitrogens with zero attached hydrogens (tertiary/aromatic N) is 2. The second kappa shape index (κ2) is 6.06. The Morgan fingerprint density at radius 1 is 1.04 bits per heavy atom. The molecule has 1 N–H and O–H groups in total. The SMILES string of the molecule is CCc1[nH]n2c(=O)cc(-c3ccccc3C)nc2c1-c1ccccc1. The van der Waals surface area contributed by atoms with Gasteiger partial charge >= 0.3 is 0 Å². The summed E-state index contributed by atoms with van der Waals surface area (Å²) >= 11 is 0. The third-order valence-electron chi connectivity index (χ3n) is 4.53. The first-order chi connectivity index (χ1) is 12.2. The maximum Gasteiger partial charge on any atom is 0.273 e. The van der Waals surface area contributed by atoms with E-state index in [0.717, 1.165) is 34.4 Å². The lowest BCUT2D eigenvalue weighted by Crippen LogP contribution is -2.14. The zero-order valence-corrected chi connectivity index (χ0v) is 14.3. The molecule has 25 heavy (non-hydrogen) atoms. The number of rotatable bonds is 3. The third-order valence-corrected chi connectivity index (χ3v) is 4.53. The molecule has 0 aliphatic heterocycles. The van der Waals surface area contributed by atoms with Gasteiger partial charge in [0, 0.05) is 22.9 Å². The molecular weight excluding hydrogens is 310 g/mol. The summed E-state index contributed by atoms with van der Waals surface area (Å²) < 4.78 is 1.54. The topological polar surface area (TPSA) is 50.2 Å². The average Bonchev–Trinajstić information content (AvgIpc) is 3.02. The number of aromatic nitrogens is 3. The molecule has 2 heterocycles. The molecule has 4 nitrogen and oxygen atoms in total. The second-order valence-corrected chi connectivity index (χ2v) is 6.14. The van der Waals surface area contributed by atoms with Crippen LogP contribution >= 0.6 is 0 Å². The second-order valence-electron chi connectivity index (χ2n) is 6.14. The summed E-state index contributed by atoms with van der Waals surface area (Å²) in [5.74, 6) is 0. The summed E-state index contributed by atoms with van der Waals surface area (Å²) in [4.78, 5) is 17.5. The van der Waals surface area contributed by atoms with Crippen LogP contribution in [0.2, 0.25) is 0 Å². The van der Waals surface area contributed by atoms with Crippen molar-refractivity contribution in [1.29, 1.82) is 0 Å². The quantitative estimate of drug-likeness (QED) is 0.611. The summed E-state index contributed by atoms with van der Waals surface area (Å²) in [6, 6.07) is 19.7. The van der Waals surface area contributed by atoms with Gasteiger partial charge in [-0.1, -0.05) is 61.5 Å². The number of hydrogen-bond acceptors (Lipinski definition) is 2. The summed E-state index contributed by atoms with van der Waals surface area (Å²) in [5.41, 5.74) is 6.45. The fourth-order valence-corrected chi connectivity index (χ4v) is 3.25. The monoisotopic (exact) mass is 329 g/mol. The molecule has 0 unspecified atom stereocenters. The van der Waals surface area contributed by atoms with Crippen LogP contribution in [0.3, 0.4) is 0 Å². The molecule has 0 atom stereocenters. The van der Waals surface area contributed by atoms with Crippen molar-refractivity contribution in [3.8, 4) is 22.4 Å². The van der Waals surface area contributed by atoms with Crippen molar-refractivity contribution < 1.29 is 0 Å². The molecule has 124 valence electrons. The van der Waals surface area contributed by atoms with Gasteiger partial charge in [-0.2, -0.15) is 0 Å². The maximum atomic E-state index is 12.7. The zero-order valence-electron chi connectivity index (χ0n) is 14.3. The lowest BCUT2D eigenvalue weighted by molar-refractivity contribution is 0.859. The summed E-state index contributed by atoms with van der Waals surface area (Å²) in [6.45, 7) is 4.11. The molecule has 0 aliphatic carbocycles. The van der Waals surface area contributed by atoms with Crippen LogP contribution in [0.4, 0.5) is 0 Å². The van der Waals surface area contributed by atoms with Crippen LogP contribution in [-0.2, 0) is 6.42 Å². The molecule has 0 spiro atoms. The van der Waals surface area contributed by atoms with E-state index >= 15 is 0 Å². The molecule has 2 aromatic heterocycles. The van der Waals surface area contributed by atoms with Crippen molar-refractivity contribution in [2.45, 2.75) is 20.3 Å². The zero-order chi connectivity index (χ0) is 17.4. The first-order valence-electron chi connectivity index (χ1n) is 8.45. The fraction of sp³-hybridized carbons (Fsp3) is 0.143. The standard InChI is InChI=1S/C21H19N3O/c1-3-17-20(15-10-5-4-6-11-15)21-22-18(13-19(25)24(21)23-17)16-12-8-7-9-14(16)2/h4-13,23H,3H2,1-2H3. The fourth-order valence-electron chi connectivity index (χ4n) is 3.25. The van der Waals surface area contributed by atoms with Crippen molar-refractivity contribution >= 4 is 5.65 Å². The number of aryl methyl sites for hydroxylation is 2. The van der Waals surface area contributed by atoms with Gasteiger partial charge < -0.3 is 0 Å². The van der Waals surface area contributed by atoms with Crippen molar-refractivity contribution in [3.05, 3.63) is 82.3 Å². The van der Waals surface area contributed by atoms with Crippen molar-refractivity contribution in [2.24, 2.45) is 0 Å². The first-order valence-corrected chi connectivity index (χ1v) is 8.45. The van der Waals surface area contributed by atoms with Gasteiger partial charge in [0.2, 0.25) is 0 Å². The van der Waals surface area contributed by atoms with Crippen LogP contribution in [-0.4, -0.2) is 14.6 Å². The van der Waals surface area contributed by atoms with E-state index in [1.807, 2.05) is 49.4 Å². The summed E-state index contributed by atoms with van der Waals surface area (Å²) in [5, 5.41) is 3.22. The molecule has 4 aromatic rings. The minimum absolute atomic E-state index is 0.0971. The lowest BCUT2D eigenvalue weighted by atomic mass is 10.0. The number of fused-ring (bicyclic) bond motifs is 1. The molecule has 0 saturated carbocycles. The Kier molecular flexibility index (Phi) is 3.73. The predicted octanol–water partition coefficient (Wildman–Crippen LogP) is 4.23. The smallest absolute Gasteiger partial charge is 0.273 e. The summed E-state index contributed by atoms with van der Waals surface area (Å²) in [7, 11) is 0. The number of hydrogen-bond donors (Lipinski definition) is 1. The number of aromatic amines is 1. The van der Waals surface area contributed by atoms with E-state index in [1.54, 1.807) is 10.6 Å². The molecule has 2 aromatic carbocycles. The highest BCUT2D eigenvalue weighted by molar-refractivity contribution is 5.81. The molecule has 4 heteroatoms. The van der Waals surface area contributed by atoms with Crippen molar-refractivity contribution in [1.82, 2.24) is 14.6 Å². The van der Waals surface area contributed by atoms with E-state index in [1.165, 1.54) is 0 Å². The largest absolute Gasteiger partial charge is 0.293 e. The van der Waals surface area contributed by atoms with Gasteiger partial charge in [0.1, 0.15) is 0 Å². The normalized spacial score (nSPS) is 11.1. The van der Waals surface area contributed by atoms with Crippen molar-refractivity contribution in [3.63, 3.8) is 0 Å². The lowest BCUT2D eigenvalue weighted by Gasteiger charge is -2.06. The number of nitrogens with one attached hydrogen (secondary N) is 1. The van der Waals surface area contributed by atoms with Gasteiger partial charge in [-0.3, -0.25) is 9.89 Å². The maximum absolute atomic E-state index is 12.7. The van der Waals surface area contributed by atoms with Crippen LogP contribution in [0.1, 0.15) is 18.2 Å². The highest BCUT2D eigenvalue weighted by atomic mass is 16.1. The molecule has 0 bridgehead atoms. The molecular formula is C21H19N3O. The van der Waals surface area contributed by atoms with Gasteiger partial charge in [-0.05, 0) is 24.5 Å². The average molecular weight is 329 g/mol. The first kappa shape index (κ1) is 15.4. The Hall–Kier alpha value is -3.14. The highest BCUT2D eigenvalue weighted by Crippen LogP contribution is 2.29. The minimum atomic E-state index is -0.0971. The number of H-pyrrole nitrogens is 1. The van der Waals surface area contributed by atoms with Crippen LogP contribution < -0.4 is 5.56 Å². The Bertz CT molecular complexity index is 1110. The molecule has 0 aliphatic rings. The highest BCUT2D eigenvalue weighted by Gasteiger charge is 2.16. The van der Waals surface area contributed by atoms with Gasteiger partial charge in [-0.15, -0.1) is 0 Å². The van der Waals surface area contributed by atoms with E-state index in [4.69, 9.17) is 4.98 Å². The molecule has 0 saturated heterocycles. The van der Waals surface area contributed by atoms with Gasteiger partial charge in [-0.25, -0.2) is 9.50 Å². The van der Waals surface area contributed by atoms with Gasteiger partial charge in [0.15, 0.2) is 5.65 Å². The summed E-state index contributed by atoms with van der Waals surface area (Å²) in [6.07, 6.45) is 0.798. The van der Waals surface area contributed by atoms with Gasteiger partial charge in [0.25, 0.3) is 5.56 Å².